The molecular formula is C17H16N6O5S. The molecule has 0 aliphatic heterocycles. The molecule has 11 nitrogen and oxygen atoms in total. The molecule has 0 spiro atoms. The highest BCUT2D eigenvalue weighted by Gasteiger charge is 2.28. The third kappa shape index (κ3) is 3.74. The number of hydrogen-bond donors (Lipinski definition) is 1. The maximum absolute atomic E-state index is 12.9. The molecule has 0 bridgehead atoms. The molecule has 1 aromatic heterocycles. The summed E-state index contributed by atoms with van der Waals surface area (Å²) in [5, 5.41) is 22.8. The Balaban J connectivity index is 1.68. The van der Waals surface area contributed by atoms with E-state index in [1.165, 1.54) is 19.2 Å². The largest absolute Gasteiger partial charge is 0.495 e. The Kier molecular flexibility index (Phi) is 4.62. The maximum Gasteiger partial charge on any atom is 0.271 e. The Morgan fingerprint density at radius 3 is 2.72 bits per heavy atom. The van der Waals surface area contributed by atoms with Gasteiger partial charge in [-0.1, -0.05) is 12.1 Å². The second kappa shape index (κ2) is 7.13. The van der Waals surface area contributed by atoms with Crippen molar-refractivity contribution in [2.75, 3.05) is 11.8 Å². The number of non-ortho nitro benzene ring substituents is 1. The molecule has 0 radical (unpaired) electrons. The smallest absolute Gasteiger partial charge is 0.271 e. The first-order valence-electron chi connectivity index (χ1n) is 8.62. The Morgan fingerprint density at radius 2 is 2.03 bits per heavy atom. The molecule has 0 saturated heterocycles. The normalized spacial score (nSPS) is 13.8. The van der Waals surface area contributed by atoms with Gasteiger partial charge < -0.3 is 4.74 Å². The summed E-state index contributed by atoms with van der Waals surface area (Å²) in [4.78, 5) is 10.0. The summed E-state index contributed by atoms with van der Waals surface area (Å²) in [7, 11) is -2.86. The first-order valence-corrected chi connectivity index (χ1v) is 10.1. The number of aromatic nitrogens is 4. The summed E-state index contributed by atoms with van der Waals surface area (Å²) >= 11 is 0. The van der Waals surface area contributed by atoms with Gasteiger partial charge in [0.15, 0.2) is 5.82 Å². The predicted molar refractivity (Wildman–Crippen MR) is 102 cm³/mol. The number of methoxy groups -OCH3 is 1. The van der Waals surface area contributed by atoms with Crippen molar-refractivity contribution in [1.82, 2.24) is 20.2 Å². The van der Waals surface area contributed by atoms with Crippen molar-refractivity contribution in [3.05, 3.63) is 52.6 Å². The van der Waals surface area contributed by atoms with Crippen LogP contribution in [0.4, 0.5) is 11.4 Å². The van der Waals surface area contributed by atoms with E-state index in [0.29, 0.717) is 11.4 Å². The molecule has 1 aliphatic carbocycles. The number of tetrazole rings is 1. The highest BCUT2D eigenvalue weighted by atomic mass is 32.2. The molecule has 0 atom stereocenters. The molecule has 12 heteroatoms. The number of nitro groups is 1. The average molecular weight is 416 g/mol. The molecule has 1 aliphatic rings. The van der Waals surface area contributed by atoms with Crippen LogP contribution < -0.4 is 9.46 Å². The van der Waals surface area contributed by atoms with E-state index in [-0.39, 0.29) is 28.1 Å². The molecule has 150 valence electrons. The number of anilines is 1. The number of nitrogens with zero attached hydrogens (tertiary/aromatic N) is 5. The van der Waals surface area contributed by atoms with Crippen molar-refractivity contribution in [2.24, 2.45) is 0 Å². The zero-order chi connectivity index (χ0) is 20.6. The fourth-order valence-electron chi connectivity index (χ4n) is 2.87. The molecule has 0 amide bonds. The maximum atomic E-state index is 12.9. The van der Waals surface area contributed by atoms with Crippen LogP contribution in [-0.2, 0) is 10.0 Å². The first kappa shape index (κ1) is 18.8. The molecule has 2 aromatic carbocycles. The quantitative estimate of drug-likeness (QED) is 0.457. The molecule has 0 unspecified atom stereocenters. The van der Waals surface area contributed by atoms with Crippen LogP contribution in [0.2, 0.25) is 0 Å². The predicted octanol–water partition coefficient (Wildman–Crippen LogP) is 2.39. The van der Waals surface area contributed by atoms with E-state index < -0.39 is 14.9 Å². The van der Waals surface area contributed by atoms with Crippen LogP contribution in [0.3, 0.4) is 0 Å². The van der Waals surface area contributed by atoms with E-state index in [2.05, 4.69) is 20.2 Å². The lowest BCUT2D eigenvalue weighted by Crippen LogP contribution is -2.14. The second-order valence-electron chi connectivity index (χ2n) is 6.46. The summed E-state index contributed by atoms with van der Waals surface area (Å²) in [6, 6.07) is 10.2. The zero-order valence-electron chi connectivity index (χ0n) is 15.2. The van der Waals surface area contributed by atoms with Crippen LogP contribution in [0, 0.1) is 10.1 Å². The summed E-state index contributed by atoms with van der Waals surface area (Å²) < 4.78 is 35.0. The van der Waals surface area contributed by atoms with Gasteiger partial charge in [-0.15, -0.1) is 5.10 Å². The Morgan fingerprint density at radius 1 is 1.24 bits per heavy atom. The van der Waals surface area contributed by atoms with Crippen LogP contribution in [0.25, 0.3) is 11.4 Å². The molecular weight excluding hydrogens is 400 g/mol. The standard InChI is InChI=1S/C17H16N6O5S/c1-28-15-8-7-14(23(24)25)10-16(15)29(26,27)19-12-4-2-3-11(9-12)17-18-20-21-22(17)13-5-6-13/h2-4,7-10,13,19H,5-6H2,1H3. The monoisotopic (exact) mass is 416 g/mol. The minimum atomic E-state index is -4.15. The highest BCUT2D eigenvalue weighted by Crippen LogP contribution is 2.37. The van der Waals surface area contributed by atoms with Crippen molar-refractivity contribution in [3.8, 4) is 17.1 Å². The number of sulfonamides is 1. The number of nitro benzene ring substituents is 1. The van der Waals surface area contributed by atoms with Crippen LogP contribution in [-0.4, -0.2) is 40.7 Å². The van der Waals surface area contributed by atoms with E-state index in [9.17, 15) is 18.5 Å². The van der Waals surface area contributed by atoms with Gasteiger partial charge in [-0.05, 0) is 41.5 Å². The first-order chi connectivity index (χ1) is 13.9. The van der Waals surface area contributed by atoms with Crippen molar-refractivity contribution in [3.63, 3.8) is 0 Å². The van der Waals surface area contributed by atoms with Crippen LogP contribution in [0.15, 0.2) is 47.4 Å². The van der Waals surface area contributed by atoms with E-state index >= 15 is 0 Å². The van der Waals surface area contributed by atoms with E-state index in [4.69, 9.17) is 4.74 Å². The summed E-state index contributed by atoms with van der Waals surface area (Å²) in [6.45, 7) is 0. The Hall–Kier alpha value is -3.54. The van der Waals surface area contributed by atoms with Gasteiger partial charge >= 0.3 is 0 Å². The lowest BCUT2D eigenvalue weighted by molar-refractivity contribution is -0.385. The second-order valence-corrected chi connectivity index (χ2v) is 8.11. The van der Waals surface area contributed by atoms with Gasteiger partial charge in [0.05, 0.1) is 18.1 Å². The number of rotatable bonds is 7. The molecule has 1 fully saturated rings. The fourth-order valence-corrected chi connectivity index (χ4v) is 4.11. The zero-order valence-corrected chi connectivity index (χ0v) is 16.0. The molecule has 4 rings (SSSR count). The number of nitrogens with one attached hydrogen (secondary N) is 1. The number of hydrogen-bond acceptors (Lipinski definition) is 8. The van der Waals surface area contributed by atoms with Gasteiger partial charge in [-0.2, -0.15) is 0 Å². The van der Waals surface area contributed by atoms with Crippen molar-refractivity contribution >= 4 is 21.4 Å². The van der Waals surface area contributed by atoms with Gasteiger partial charge in [0, 0.05) is 23.4 Å². The Bertz CT molecular complexity index is 1190. The number of ether oxygens (including phenoxy) is 1. The van der Waals surface area contributed by atoms with Crippen molar-refractivity contribution in [2.45, 2.75) is 23.8 Å². The minimum Gasteiger partial charge on any atom is -0.495 e. The van der Waals surface area contributed by atoms with Gasteiger partial charge in [0.25, 0.3) is 15.7 Å². The van der Waals surface area contributed by atoms with E-state index in [0.717, 1.165) is 18.9 Å². The minimum absolute atomic E-state index is 0.00284. The van der Waals surface area contributed by atoms with Crippen LogP contribution in [0.1, 0.15) is 18.9 Å². The molecule has 3 aromatic rings. The average Bonchev–Trinajstić information content (AvgIpc) is 3.43. The van der Waals surface area contributed by atoms with Crippen LogP contribution in [0.5, 0.6) is 5.75 Å². The molecule has 1 N–H and O–H groups in total. The summed E-state index contributed by atoms with van der Waals surface area (Å²) in [5.41, 5.74) is 0.554. The molecule has 1 heterocycles. The molecule has 29 heavy (non-hydrogen) atoms. The Labute approximate surface area is 165 Å². The molecule has 1 saturated carbocycles. The van der Waals surface area contributed by atoms with Gasteiger partial charge in [0.2, 0.25) is 0 Å². The SMILES string of the molecule is COc1ccc([N+](=O)[O-])cc1S(=O)(=O)Nc1cccc(-c2nnnn2C2CC2)c1. The van der Waals surface area contributed by atoms with E-state index in [1.807, 2.05) is 0 Å². The van der Waals surface area contributed by atoms with E-state index in [1.54, 1.807) is 28.9 Å². The number of benzene rings is 2. The fraction of sp³-hybridized carbons (Fsp3) is 0.235. The van der Waals surface area contributed by atoms with Gasteiger partial charge in [-0.3, -0.25) is 14.8 Å². The van der Waals surface area contributed by atoms with Crippen molar-refractivity contribution in [1.29, 1.82) is 0 Å². The van der Waals surface area contributed by atoms with Gasteiger partial charge in [-0.25, -0.2) is 13.1 Å². The highest BCUT2D eigenvalue weighted by molar-refractivity contribution is 7.92. The summed E-state index contributed by atoms with van der Waals surface area (Å²) in [6.07, 6.45) is 1.99. The van der Waals surface area contributed by atoms with Crippen molar-refractivity contribution < 1.29 is 18.1 Å². The van der Waals surface area contributed by atoms with Crippen LogP contribution >= 0.6 is 0 Å². The lowest BCUT2D eigenvalue weighted by Gasteiger charge is -2.12. The summed E-state index contributed by atoms with van der Waals surface area (Å²) in [5.74, 6) is 0.540. The lowest BCUT2D eigenvalue weighted by atomic mass is 10.2. The third-order valence-electron chi connectivity index (χ3n) is 4.41. The topological polar surface area (TPSA) is 142 Å². The van der Waals surface area contributed by atoms with Gasteiger partial charge in [0.1, 0.15) is 10.6 Å². The third-order valence-corrected chi connectivity index (χ3v) is 5.81.